The zero-order chi connectivity index (χ0) is 18.1. The lowest BCUT2D eigenvalue weighted by molar-refractivity contribution is 0.173. The highest BCUT2D eigenvalue weighted by atomic mass is 35.5. The van der Waals surface area contributed by atoms with E-state index in [1.54, 1.807) is 24.3 Å². The number of benzene rings is 2. The van der Waals surface area contributed by atoms with Crippen LogP contribution in [0.5, 0.6) is 11.5 Å². The largest absolute Gasteiger partial charge is 0.454 e. The number of nitrogens with zero attached hydrogens (tertiary/aromatic N) is 2. The lowest BCUT2D eigenvalue weighted by Crippen LogP contribution is -2.48. The van der Waals surface area contributed by atoms with E-state index in [1.807, 2.05) is 18.2 Å². The van der Waals surface area contributed by atoms with Crippen molar-refractivity contribution in [1.82, 2.24) is 9.21 Å². The Hall–Kier alpha value is -1.80. The van der Waals surface area contributed by atoms with Gasteiger partial charge in [0.05, 0.1) is 5.02 Å². The molecule has 0 aliphatic carbocycles. The molecule has 0 amide bonds. The SMILES string of the molecule is O=S(=O)(c1ccccc1Cl)N1CCN(Cc2ccc3c(c2)OCO3)CC1. The predicted octanol–water partition coefficient (Wildman–Crippen LogP) is 2.58. The van der Waals surface area contributed by atoms with E-state index in [1.165, 1.54) is 4.31 Å². The average Bonchev–Trinajstić information content (AvgIpc) is 3.10. The van der Waals surface area contributed by atoms with Crippen molar-refractivity contribution in [3.8, 4) is 11.5 Å². The lowest BCUT2D eigenvalue weighted by atomic mass is 10.2. The van der Waals surface area contributed by atoms with Gasteiger partial charge in [0.2, 0.25) is 16.8 Å². The smallest absolute Gasteiger partial charge is 0.244 e. The first-order chi connectivity index (χ1) is 12.5. The summed E-state index contributed by atoms with van der Waals surface area (Å²) in [6.45, 7) is 3.22. The van der Waals surface area contributed by atoms with Gasteiger partial charge in [0.1, 0.15) is 4.90 Å². The summed E-state index contributed by atoms with van der Waals surface area (Å²) in [6, 6.07) is 12.5. The van der Waals surface area contributed by atoms with Gasteiger partial charge in [0.25, 0.3) is 0 Å². The molecule has 2 aromatic carbocycles. The molecule has 0 N–H and O–H groups in total. The number of fused-ring (bicyclic) bond motifs is 1. The van der Waals surface area contributed by atoms with Crippen LogP contribution < -0.4 is 9.47 Å². The second-order valence-corrected chi connectivity index (χ2v) is 8.61. The molecule has 4 rings (SSSR count). The molecule has 2 aliphatic heterocycles. The Morgan fingerprint density at radius 3 is 2.46 bits per heavy atom. The maximum absolute atomic E-state index is 12.8. The van der Waals surface area contributed by atoms with Crippen molar-refractivity contribution >= 4 is 21.6 Å². The van der Waals surface area contributed by atoms with Crippen LogP contribution in [0.3, 0.4) is 0 Å². The minimum Gasteiger partial charge on any atom is -0.454 e. The van der Waals surface area contributed by atoms with Crippen LogP contribution in [-0.4, -0.2) is 50.6 Å². The molecule has 1 fully saturated rings. The Morgan fingerprint density at radius 2 is 1.69 bits per heavy atom. The molecule has 1 saturated heterocycles. The number of rotatable bonds is 4. The number of ether oxygens (including phenoxy) is 2. The van der Waals surface area contributed by atoms with E-state index in [0.717, 1.165) is 23.6 Å². The molecule has 2 aliphatic rings. The molecule has 8 heteroatoms. The summed E-state index contributed by atoms with van der Waals surface area (Å²) in [6.07, 6.45) is 0. The molecule has 138 valence electrons. The van der Waals surface area contributed by atoms with E-state index in [4.69, 9.17) is 21.1 Å². The minimum absolute atomic E-state index is 0.172. The highest BCUT2D eigenvalue weighted by Crippen LogP contribution is 2.33. The number of sulfonamides is 1. The summed E-state index contributed by atoms with van der Waals surface area (Å²) in [5, 5.41) is 0.260. The highest BCUT2D eigenvalue weighted by Gasteiger charge is 2.30. The Balaban J connectivity index is 1.40. The van der Waals surface area contributed by atoms with Crippen LogP contribution in [0.2, 0.25) is 5.02 Å². The Kier molecular flexibility index (Phi) is 4.79. The fourth-order valence-corrected chi connectivity index (χ4v) is 5.13. The van der Waals surface area contributed by atoms with Crippen molar-refractivity contribution in [2.24, 2.45) is 0 Å². The monoisotopic (exact) mass is 394 g/mol. The topological polar surface area (TPSA) is 59.1 Å². The standard InChI is InChI=1S/C18H19ClN2O4S/c19-15-3-1-2-4-18(15)26(22,23)21-9-7-20(8-10-21)12-14-5-6-16-17(11-14)25-13-24-16/h1-6,11H,7-10,12-13H2. The van der Waals surface area contributed by atoms with E-state index >= 15 is 0 Å². The van der Waals surface area contributed by atoms with Gasteiger partial charge >= 0.3 is 0 Å². The van der Waals surface area contributed by atoms with E-state index in [0.29, 0.717) is 26.2 Å². The molecule has 0 bridgehead atoms. The first-order valence-electron chi connectivity index (χ1n) is 8.39. The van der Waals surface area contributed by atoms with Gasteiger partial charge in [0.15, 0.2) is 11.5 Å². The zero-order valence-corrected chi connectivity index (χ0v) is 15.7. The van der Waals surface area contributed by atoms with Gasteiger partial charge in [-0.1, -0.05) is 29.8 Å². The van der Waals surface area contributed by atoms with Crippen LogP contribution in [0.1, 0.15) is 5.56 Å². The van der Waals surface area contributed by atoms with Gasteiger partial charge in [-0.2, -0.15) is 4.31 Å². The molecular weight excluding hydrogens is 376 g/mol. The molecule has 0 aromatic heterocycles. The first kappa shape index (κ1) is 17.6. The van der Waals surface area contributed by atoms with E-state index < -0.39 is 10.0 Å². The molecule has 2 aromatic rings. The minimum atomic E-state index is -3.56. The second kappa shape index (κ2) is 7.08. The molecule has 0 atom stereocenters. The summed E-state index contributed by atoms with van der Waals surface area (Å²) >= 11 is 6.07. The zero-order valence-electron chi connectivity index (χ0n) is 14.1. The van der Waals surface area contributed by atoms with Crippen molar-refractivity contribution in [3.05, 3.63) is 53.1 Å². The van der Waals surface area contributed by atoms with E-state index in [-0.39, 0.29) is 16.7 Å². The normalized spacial score (nSPS) is 18.2. The number of hydrogen-bond acceptors (Lipinski definition) is 5. The fraction of sp³-hybridized carbons (Fsp3) is 0.333. The Labute approximate surface area is 157 Å². The molecule has 0 saturated carbocycles. The fourth-order valence-electron chi connectivity index (χ4n) is 3.22. The van der Waals surface area contributed by atoms with Crippen LogP contribution in [0, 0.1) is 0 Å². The summed E-state index contributed by atoms with van der Waals surface area (Å²) in [5.41, 5.74) is 1.12. The van der Waals surface area contributed by atoms with Crippen molar-refractivity contribution in [1.29, 1.82) is 0 Å². The van der Waals surface area contributed by atoms with Gasteiger partial charge in [-0.25, -0.2) is 8.42 Å². The molecule has 0 spiro atoms. The van der Waals surface area contributed by atoms with E-state index in [2.05, 4.69) is 4.90 Å². The first-order valence-corrected chi connectivity index (χ1v) is 10.2. The number of piperazine rings is 1. The van der Waals surface area contributed by atoms with Crippen LogP contribution in [0.4, 0.5) is 0 Å². The van der Waals surface area contributed by atoms with Crippen LogP contribution in [0.15, 0.2) is 47.4 Å². The van der Waals surface area contributed by atoms with Crippen LogP contribution in [0.25, 0.3) is 0 Å². The summed E-state index contributed by atoms with van der Waals surface area (Å²) < 4.78 is 37.8. The Bertz CT molecular complexity index is 911. The molecular formula is C18H19ClN2O4S. The summed E-state index contributed by atoms with van der Waals surface area (Å²) in [7, 11) is -3.56. The molecule has 6 nitrogen and oxygen atoms in total. The van der Waals surface area contributed by atoms with Crippen molar-refractivity contribution in [2.75, 3.05) is 33.0 Å². The van der Waals surface area contributed by atoms with Gasteiger partial charge in [-0.05, 0) is 29.8 Å². The average molecular weight is 395 g/mol. The summed E-state index contributed by atoms with van der Waals surface area (Å²) in [5.74, 6) is 1.53. The molecule has 0 unspecified atom stereocenters. The van der Waals surface area contributed by atoms with Crippen molar-refractivity contribution < 1.29 is 17.9 Å². The second-order valence-electron chi connectivity index (χ2n) is 6.30. The lowest BCUT2D eigenvalue weighted by Gasteiger charge is -2.34. The van der Waals surface area contributed by atoms with Gasteiger partial charge in [-0.15, -0.1) is 0 Å². The third-order valence-corrected chi connectivity index (χ3v) is 7.03. The third kappa shape index (κ3) is 3.40. The summed E-state index contributed by atoms with van der Waals surface area (Å²) in [4.78, 5) is 2.40. The molecule has 26 heavy (non-hydrogen) atoms. The Morgan fingerprint density at radius 1 is 0.962 bits per heavy atom. The van der Waals surface area contributed by atoms with Gasteiger partial charge in [0, 0.05) is 32.7 Å². The van der Waals surface area contributed by atoms with Crippen molar-refractivity contribution in [3.63, 3.8) is 0 Å². The molecule has 2 heterocycles. The van der Waals surface area contributed by atoms with Crippen LogP contribution in [-0.2, 0) is 16.6 Å². The van der Waals surface area contributed by atoms with Crippen LogP contribution >= 0.6 is 11.6 Å². The van der Waals surface area contributed by atoms with Crippen molar-refractivity contribution in [2.45, 2.75) is 11.4 Å². The molecule has 0 radical (unpaired) electrons. The highest BCUT2D eigenvalue weighted by molar-refractivity contribution is 7.89. The van der Waals surface area contributed by atoms with E-state index in [9.17, 15) is 8.42 Å². The third-order valence-electron chi connectivity index (χ3n) is 4.63. The maximum atomic E-state index is 12.8. The predicted molar refractivity (Wildman–Crippen MR) is 98.1 cm³/mol. The van der Waals surface area contributed by atoms with Gasteiger partial charge in [-0.3, -0.25) is 4.90 Å². The number of halogens is 1. The number of hydrogen-bond donors (Lipinski definition) is 0. The quantitative estimate of drug-likeness (QED) is 0.797. The maximum Gasteiger partial charge on any atom is 0.244 e. The van der Waals surface area contributed by atoms with Gasteiger partial charge < -0.3 is 9.47 Å².